The number of nitrogens with zero attached hydrogens (tertiary/aromatic N) is 6. The molecule has 3 aromatic carbocycles. The Morgan fingerprint density at radius 3 is 2.49 bits per heavy atom. The molecule has 0 radical (unpaired) electrons. The first kappa shape index (κ1) is 25.2. The topological polar surface area (TPSA) is 95.1 Å². The molecule has 0 aliphatic carbocycles. The zero-order valence-electron chi connectivity index (χ0n) is 21.5. The first-order valence-corrected chi connectivity index (χ1v) is 14.0. The Labute approximate surface area is 225 Å². The third kappa shape index (κ3) is 4.47. The van der Waals surface area contributed by atoms with E-state index in [1.807, 2.05) is 30.3 Å². The fourth-order valence-corrected chi connectivity index (χ4v) is 6.90. The van der Waals surface area contributed by atoms with Gasteiger partial charge in [0.1, 0.15) is 11.6 Å². The van der Waals surface area contributed by atoms with E-state index in [0.29, 0.717) is 25.1 Å². The summed E-state index contributed by atoms with van der Waals surface area (Å²) in [6.45, 7) is 0.594. The molecular weight excluding hydrogens is 519 g/mol. The largest absolute Gasteiger partial charge is 0.496 e. The molecule has 200 valence electrons. The summed E-state index contributed by atoms with van der Waals surface area (Å²) >= 11 is 0. The van der Waals surface area contributed by atoms with Crippen LogP contribution >= 0.6 is 0 Å². The zero-order valence-corrected chi connectivity index (χ0v) is 22.3. The molecule has 9 nitrogen and oxygen atoms in total. The van der Waals surface area contributed by atoms with E-state index in [2.05, 4.69) is 27.4 Å². The summed E-state index contributed by atoms with van der Waals surface area (Å²) < 4.78 is 49.7. The lowest BCUT2D eigenvalue weighted by Gasteiger charge is -2.32. The summed E-state index contributed by atoms with van der Waals surface area (Å²) in [5, 5.41) is 13.4. The molecule has 0 bridgehead atoms. The summed E-state index contributed by atoms with van der Waals surface area (Å²) in [5.41, 5.74) is 2.98. The van der Waals surface area contributed by atoms with E-state index in [1.54, 1.807) is 37.2 Å². The van der Waals surface area contributed by atoms with Crippen molar-refractivity contribution in [1.82, 2.24) is 29.1 Å². The van der Waals surface area contributed by atoms with Gasteiger partial charge < -0.3 is 4.74 Å². The number of fused-ring (bicyclic) bond motifs is 1. The van der Waals surface area contributed by atoms with Crippen LogP contribution in [-0.2, 0) is 28.9 Å². The number of rotatable bonds is 7. The Kier molecular flexibility index (Phi) is 6.19. The van der Waals surface area contributed by atoms with Crippen molar-refractivity contribution in [3.8, 4) is 11.4 Å². The third-order valence-corrected chi connectivity index (χ3v) is 9.13. The van der Waals surface area contributed by atoms with Crippen molar-refractivity contribution in [1.29, 1.82) is 0 Å². The van der Waals surface area contributed by atoms with E-state index in [-0.39, 0.29) is 17.4 Å². The summed E-state index contributed by atoms with van der Waals surface area (Å²) in [5.74, 6) is 0.321. The van der Waals surface area contributed by atoms with Gasteiger partial charge in [-0.2, -0.15) is 19.3 Å². The SMILES string of the molecule is COc1cc2c(cnn2-c2ccc(F)cc2)cc1C1(Cc2ccccc2)CCN(S(=O)(=O)c2cnn(C)n2)C1. The van der Waals surface area contributed by atoms with Gasteiger partial charge in [0.2, 0.25) is 5.03 Å². The standard InChI is InChI=1S/C28H27FN6O3S/c1-33-30-18-27(32-33)39(36,37)34-13-12-28(19-34,16-20-6-4-3-5-7-20)24-14-21-17-31-35(25(21)15-26(24)38-2)23-10-8-22(29)9-11-23/h3-11,14-15,17-18H,12-13,16,19H2,1-2H3. The number of hydrogen-bond acceptors (Lipinski definition) is 6. The first-order valence-electron chi connectivity index (χ1n) is 12.5. The van der Waals surface area contributed by atoms with E-state index in [4.69, 9.17) is 4.74 Å². The summed E-state index contributed by atoms with van der Waals surface area (Å²) in [4.78, 5) is 1.25. The van der Waals surface area contributed by atoms with E-state index in [1.165, 1.54) is 27.4 Å². The molecule has 1 aliphatic rings. The highest BCUT2D eigenvalue weighted by Gasteiger charge is 2.46. The van der Waals surface area contributed by atoms with E-state index in [9.17, 15) is 12.8 Å². The Morgan fingerprint density at radius 1 is 1.03 bits per heavy atom. The molecule has 0 amide bonds. The van der Waals surface area contributed by atoms with Gasteiger partial charge in [-0.1, -0.05) is 30.3 Å². The Morgan fingerprint density at radius 2 is 1.79 bits per heavy atom. The number of halogens is 1. The monoisotopic (exact) mass is 546 g/mol. The van der Waals surface area contributed by atoms with Crippen LogP contribution in [0, 0.1) is 5.82 Å². The van der Waals surface area contributed by atoms with Crippen molar-refractivity contribution in [2.24, 2.45) is 7.05 Å². The number of hydrogen-bond donors (Lipinski definition) is 0. The minimum absolute atomic E-state index is 0.0662. The molecular formula is C28H27FN6O3S. The van der Waals surface area contributed by atoms with Crippen LogP contribution in [0.25, 0.3) is 16.6 Å². The van der Waals surface area contributed by atoms with Crippen molar-refractivity contribution in [2.75, 3.05) is 20.2 Å². The van der Waals surface area contributed by atoms with E-state index < -0.39 is 15.4 Å². The highest BCUT2D eigenvalue weighted by Crippen LogP contribution is 2.45. The van der Waals surface area contributed by atoms with Crippen LogP contribution in [-0.4, -0.2) is 57.7 Å². The fraction of sp³-hybridized carbons (Fsp3) is 0.250. The van der Waals surface area contributed by atoms with E-state index in [0.717, 1.165) is 27.7 Å². The highest BCUT2D eigenvalue weighted by molar-refractivity contribution is 7.89. The van der Waals surface area contributed by atoms with Crippen LogP contribution in [0.3, 0.4) is 0 Å². The average Bonchev–Trinajstić information content (AvgIpc) is 3.68. The lowest BCUT2D eigenvalue weighted by Crippen LogP contribution is -2.36. The minimum Gasteiger partial charge on any atom is -0.496 e. The number of aryl methyl sites for hydroxylation is 1. The van der Waals surface area contributed by atoms with Crippen molar-refractivity contribution >= 4 is 20.9 Å². The fourth-order valence-electron chi connectivity index (χ4n) is 5.49. The number of aromatic nitrogens is 5. The lowest BCUT2D eigenvalue weighted by molar-refractivity contribution is 0.370. The van der Waals surface area contributed by atoms with E-state index >= 15 is 0 Å². The molecule has 1 unspecified atom stereocenters. The van der Waals surface area contributed by atoms with Crippen molar-refractivity contribution in [3.05, 3.63) is 96.1 Å². The molecule has 0 saturated carbocycles. The first-order chi connectivity index (χ1) is 18.8. The molecule has 39 heavy (non-hydrogen) atoms. The molecule has 0 spiro atoms. The van der Waals surface area contributed by atoms with Crippen LogP contribution < -0.4 is 4.74 Å². The van der Waals surface area contributed by atoms with Gasteiger partial charge in [0.05, 0.1) is 30.7 Å². The van der Waals surface area contributed by atoms with Crippen LogP contribution in [0.15, 0.2) is 84.1 Å². The third-order valence-electron chi connectivity index (χ3n) is 7.42. The zero-order chi connectivity index (χ0) is 27.2. The predicted molar refractivity (Wildman–Crippen MR) is 144 cm³/mol. The molecule has 11 heteroatoms. The lowest BCUT2D eigenvalue weighted by atomic mass is 9.74. The van der Waals surface area contributed by atoms with Crippen molar-refractivity contribution in [2.45, 2.75) is 23.3 Å². The molecule has 1 saturated heterocycles. The van der Waals surface area contributed by atoms with Gasteiger partial charge in [0.25, 0.3) is 10.0 Å². The Balaban J connectivity index is 1.46. The highest BCUT2D eigenvalue weighted by atomic mass is 32.2. The summed E-state index contributed by atoms with van der Waals surface area (Å²) in [6, 6.07) is 20.2. The normalized spacial score (nSPS) is 18.1. The smallest absolute Gasteiger partial charge is 0.264 e. The second-order valence-corrected chi connectivity index (χ2v) is 11.7. The van der Waals surface area contributed by atoms with Gasteiger partial charge in [-0.3, -0.25) is 0 Å². The molecule has 5 aromatic rings. The summed E-state index contributed by atoms with van der Waals surface area (Å²) in [7, 11) is -0.630. The minimum atomic E-state index is -3.84. The van der Waals surface area contributed by atoms with Gasteiger partial charge in [-0.15, -0.1) is 5.10 Å². The van der Waals surface area contributed by atoms with Gasteiger partial charge in [-0.05, 0) is 48.7 Å². The van der Waals surface area contributed by atoms with Gasteiger partial charge in [0, 0.05) is 42.6 Å². The maximum atomic E-state index is 13.5. The van der Waals surface area contributed by atoms with Crippen LogP contribution in [0.5, 0.6) is 5.75 Å². The maximum absolute atomic E-state index is 13.5. The number of methoxy groups -OCH3 is 1. The maximum Gasteiger partial charge on any atom is 0.264 e. The number of benzene rings is 3. The van der Waals surface area contributed by atoms with Crippen LogP contribution in [0.4, 0.5) is 4.39 Å². The van der Waals surface area contributed by atoms with Crippen molar-refractivity contribution in [3.63, 3.8) is 0 Å². The molecule has 6 rings (SSSR count). The number of ether oxygens (including phenoxy) is 1. The molecule has 2 aromatic heterocycles. The van der Waals surface area contributed by atoms with Crippen LogP contribution in [0.2, 0.25) is 0 Å². The average molecular weight is 547 g/mol. The molecule has 0 N–H and O–H groups in total. The van der Waals surface area contributed by atoms with Gasteiger partial charge in [0.15, 0.2) is 0 Å². The molecule has 1 aliphatic heterocycles. The molecule has 3 heterocycles. The van der Waals surface area contributed by atoms with Gasteiger partial charge >= 0.3 is 0 Å². The summed E-state index contributed by atoms with van der Waals surface area (Å²) in [6.07, 6.45) is 4.26. The number of sulfonamides is 1. The second-order valence-electron chi connectivity index (χ2n) is 9.85. The molecule has 1 atom stereocenters. The van der Waals surface area contributed by atoms with Crippen LogP contribution in [0.1, 0.15) is 17.5 Å². The predicted octanol–water partition coefficient (Wildman–Crippen LogP) is 3.88. The van der Waals surface area contributed by atoms with Gasteiger partial charge in [-0.25, -0.2) is 17.5 Å². The van der Waals surface area contributed by atoms with Crippen molar-refractivity contribution < 1.29 is 17.5 Å². The quantitative estimate of drug-likeness (QED) is 0.308. The molecule has 1 fully saturated rings. The Hall–Kier alpha value is -4.09. The Bertz CT molecular complexity index is 1750. The second kappa shape index (κ2) is 9.58.